The molecule has 0 aromatic rings. The van der Waals surface area contributed by atoms with Crippen molar-refractivity contribution in [2.45, 2.75) is 17.4 Å². The van der Waals surface area contributed by atoms with Crippen LogP contribution in [0.3, 0.4) is 0 Å². The molecule has 2 atom stereocenters. The maximum atomic E-state index is 8.99. The molecule has 2 unspecified atom stereocenters. The van der Waals surface area contributed by atoms with Gasteiger partial charge in [-0.2, -0.15) is 0 Å². The molecule has 0 bridgehead atoms. The third kappa shape index (κ3) is 1.29. The summed E-state index contributed by atoms with van der Waals surface area (Å²) in [6.45, 7) is 0. The fourth-order valence-corrected chi connectivity index (χ4v) is 1.99. The first-order valence-electron chi connectivity index (χ1n) is 2.42. The zero-order valence-electron chi connectivity index (χ0n) is 4.54. The number of alkyl halides is 1. The van der Waals surface area contributed by atoms with Crippen molar-refractivity contribution >= 4 is 23.5 Å². The molecule has 1 rings (SSSR count). The molecule has 1 heterocycles. The molecule has 0 amide bonds. The van der Waals surface area contributed by atoms with E-state index in [4.69, 9.17) is 16.7 Å². The summed E-state index contributed by atoms with van der Waals surface area (Å²) in [5.74, 6) is 0. The van der Waals surface area contributed by atoms with Gasteiger partial charge >= 0.3 is 0 Å². The SMILES string of the molecule is CN1SC(Cl)CC1O. The van der Waals surface area contributed by atoms with Crippen LogP contribution in [0.1, 0.15) is 6.42 Å². The topological polar surface area (TPSA) is 23.5 Å². The second-order valence-corrected chi connectivity index (χ2v) is 3.92. The summed E-state index contributed by atoms with van der Waals surface area (Å²) < 4.78 is 1.83. The molecule has 8 heavy (non-hydrogen) atoms. The third-order valence-electron chi connectivity index (χ3n) is 1.10. The Morgan fingerprint density at radius 3 is 2.62 bits per heavy atom. The van der Waals surface area contributed by atoms with Crippen LogP contribution in [-0.4, -0.2) is 27.4 Å². The molecule has 1 aliphatic heterocycles. The first-order chi connectivity index (χ1) is 3.70. The fraction of sp³-hybridized carbons (Fsp3) is 1.00. The van der Waals surface area contributed by atoms with Crippen LogP contribution in [0.5, 0.6) is 0 Å². The van der Waals surface area contributed by atoms with Gasteiger partial charge < -0.3 is 5.11 Å². The first kappa shape index (κ1) is 6.68. The van der Waals surface area contributed by atoms with Crippen molar-refractivity contribution in [1.29, 1.82) is 0 Å². The van der Waals surface area contributed by atoms with Gasteiger partial charge in [-0.3, -0.25) is 0 Å². The molecule has 1 saturated heterocycles. The molecule has 48 valence electrons. The first-order valence-corrected chi connectivity index (χ1v) is 3.69. The van der Waals surface area contributed by atoms with E-state index in [2.05, 4.69) is 0 Å². The quantitative estimate of drug-likeness (QED) is 0.413. The number of aliphatic hydroxyl groups excluding tert-OH is 1. The Kier molecular flexibility index (Phi) is 2.03. The highest BCUT2D eigenvalue weighted by molar-refractivity contribution is 7.99. The highest BCUT2D eigenvalue weighted by atomic mass is 35.5. The van der Waals surface area contributed by atoms with Crippen LogP contribution in [0.15, 0.2) is 0 Å². The van der Waals surface area contributed by atoms with Crippen LogP contribution in [0, 0.1) is 0 Å². The Morgan fingerprint density at radius 1 is 1.88 bits per heavy atom. The summed E-state index contributed by atoms with van der Waals surface area (Å²) in [5.41, 5.74) is 0. The molecule has 0 aliphatic carbocycles. The second kappa shape index (κ2) is 2.43. The lowest BCUT2D eigenvalue weighted by atomic mass is 10.4. The van der Waals surface area contributed by atoms with Gasteiger partial charge in [0.2, 0.25) is 0 Å². The van der Waals surface area contributed by atoms with Crippen molar-refractivity contribution < 1.29 is 5.11 Å². The van der Waals surface area contributed by atoms with E-state index in [-0.39, 0.29) is 10.9 Å². The minimum absolute atomic E-state index is 0.0648. The fourth-order valence-electron chi connectivity index (χ4n) is 0.608. The van der Waals surface area contributed by atoms with E-state index < -0.39 is 0 Å². The Hall–Kier alpha value is 0.560. The van der Waals surface area contributed by atoms with Crippen LogP contribution < -0.4 is 0 Å². The van der Waals surface area contributed by atoms with Gasteiger partial charge in [0.1, 0.15) is 6.23 Å². The standard InChI is InChI=1S/C4H8ClNOS/c1-6-4(7)2-3(5)8-6/h3-4,7H,2H2,1H3. The van der Waals surface area contributed by atoms with Gasteiger partial charge in [0.15, 0.2) is 0 Å². The molecule has 0 spiro atoms. The van der Waals surface area contributed by atoms with Crippen LogP contribution in [0.4, 0.5) is 0 Å². The number of hydrogen-bond acceptors (Lipinski definition) is 3. The van der Waals surface area contributed by atoms with Gasteiger partial charge in [-0.1, -0.05) is 11.9 Å². The minimum atomic E-state index is -0.345. The maximum Gasteiger partial charge on any atom is 0.118 e. The molecular formula is C4H8ClNOS. The van der Waals surface area contributed by atoms with E-state index in [1.807, 2.05) is 7.05 Å². The summed E-state index contributed by atoms with van der Waals surface area (Å²) in [7, 11) is 1.83. The summed E-state index contributed by atoms with van der Waals surface area (Å²) in [6.07, 6.45) is 0.324. The van der Waals surface area contributed by atoms with Crippen molar-refractivity contribution in [2.24, 2.45) is 0 Å². The molecular weight excluding hydrogens is 146 g/mol. The van der Waals surface area contributed by atoms with Gasteiger partial charge in [-0.05, 0) is 0 Å². The predicted molar refractivity (Wildman–Crippen MR) is 35.6 cm³/mol. The van der Waals surface area contributed by atoms with E-state index in [1.54, 1.807) is 4.31 Å². The molecule has 1 fully saturated rings. The largest absolute Gasteiger partial charge is 0.377 e. The van der Waals surface area contributed by atoms with Gasteiger partial charge in [-0.25, -0.2) is 4.31 Å². The normalized spacial score (nSPS) is 40.9. The predicted octanol–water partition coefficient (Wildman–Crippen LogP) is 0.853. The number of nitrogens with zero attached hydrogens (tertiary/aromatic N) is 1. The van der Waals surface area contributed by atoms with Gasteiger partial charge in [0.05, 0.1) is 4.71 Å². The lowest BCUT2D eigenvalue weighted by molar-refractivity contribution is 0.0930. The molecule has 0 aromatic carbocycles. The monoisotopic (exact) mass is 153 g/mol. The van der Waals surface area contributed by atoms with E-state index in [0.717, 1.165) is 0 Å². The lowest BCUT2D eigenvalue weighted by Gasteiger charge is -2.08. The second-order valence-electron chi connectivity index (χ2n) is 1.78. The molecule has 1 N–H and O–H groups in total. The number of rotatable bonds is 0. The molecule has 2 nitrogen and oxygen atoms in total. The van der Waals surface area contributed by atoms with E-state index in [9.17, 15) is 0 Å². The summed E-state index contributed by atoms with van der Waals surface area (Å²) in [6, 6.07) is 0. The highest BCUT2D eigenvalue weighted by Gasteiger charge is 2.26. The average molecular weight is 154 g/mol. The van der Waals surface area contributed by atoms with Gasteiger partial charge in [-0.15, -0.1) is 11.6 Å². The van der Waals surface area contributed by atoms with Gasteiger partial charge in [0, 0.05) is 13.5 Å². The summed E-state index contributed by atoms with van der Waals surface area (Å²) in [4.78, 5) is 0. The third-order valence-corrected chi connectivity index (χ3v) is 2.51. The van der Waals surface area contributed by atoms with E-state index >= 15 is 0 Å². The van der Waals surface area contributed by atoms with Crippen molar-refractivity contribution in [3.8, 4) is 0 Å². The van der Waals surface area contributed by atoms with Crippen LogP contribution in [0.2, 0.25) is 0 Å². The molecule has 0 saturated carbocycles. The van der Waals surface area contributed by atoms with E-state index in [0.29, 0.717) is 6.42 Å². The zero-order valence-corrected chi connectivity index (χ0v) is 6.11. The molecule has 1 aliphatic rings. The Bertz CT molecular complexity index is 82.1. The lowest BCUT2D eigenvalue weighted by Crippen LogP contribution is -2.18. The van der Waals surface area contributed by atoms with E-state index in [1.165, 1.54) is 11.9 Å². The maximum absolute atomic E-state index is 8.99. The molecule has 0 radical (unpaired) electrons. The smallest absolute Gasteiger partial charge is 0.118 e. The van der Waals surface area contributed by atoms with Crippen molar-refractivity contribution in [1.82, 2.24) is 4.31 Å². The minimum Gasteiger partial charge on any atom is -0.377 e. The summed E-state index contributed by atoms with van der Waals surface area (Å²) in [5, 5.41) is 8.99. The molecule has 4 heteroatoms. The van der Waals surface area contributed by atoms with Crippen molar-refractivity contribution in [3.63, 3.8) is 0 Å². The Labute approximate surface area is 57.9 Å². The van der Waals surface area contributed by atoms with Crippen LogP contribution in [-0.2, 0) is 0 Å². The highest BCUT2D eigenvalue weighted by Crippen LogP contribution is 2.32. The number of halogens is 1. The van der Waals surface area contributed by atoms with Crippen molar-refractivity contribution in [3.05, 3.63) is 0 Å². The number of hydrogen-bond donors (Lipinski definition) is 1. The summed E-state index contributed by atoms with van der Waals surface area (Å²) >= 11 is 7.14. The van der Waals surface area contributed by atoms with Gasteiger partial charge in [0.25, 0.3) is 0 Å². The van der Waals surface area contributed by atoms with Crippen LogP contribution >= 0.6 is 23.5 Å². The zero-order chi connectivity index (χ0) is 6.15. The molecule has 0 aromatic heterocycles. The van der Waals surface area contributed by atoms with Crippen molar-refractivity contribution in [2.75, 3.05) is 7.05 Å². The number of aliphatic hydroxyl groups is 1. The Balaban J connectivity index is 2.39. The average Bonchev–Trinajstić information content (AvgIpc) is 1.85. The Morgan fingerprint density at radius 2 is 2.50 bits per heavy atom. The van der Waals surface area contributed by atoms with Crippen LogP contribution in [0.25, 0.3) is 0 Å².